The van der Waals surface area contributed by atoms with Gasteiger partial charge in [0.15, 0.2) is 0 Å². The summed E-state index contributed by atoms with van der Waals surface area (Å²) in [6, 6.07) is 6.07. The van der Waals surface area contributed by atoms with Gasteiger partial charge in [0.2, 0.25) is 26.0 Å². The van der Waals surface area contributed by atoms with Crippen LogP contribution >= 0.6 is 23.2 Å². The standard InChI is InChI=1S/C16H16Cl2FN3O5S2/c1-9(21-29(26,27)15-11(17)4-3-5-12(15)18)16(23)20-10-6-7-13(19)14(8-10)22-28(2,24)25/h3-9,21-22H,1-2H3,(H,20,23)/t9-/m1/s1. The van der Waals surface area contributed by atoms with Gasteiger partial charge in [0, 0.05) is 5.69 Å². The Morgan fingerprint density at radius 3 is 2.21 bits per heavy atom. The van der Waals surface area contributed by atoms with Gasteiger partial charge in [0.25, 0.3) is 0 Å². The van der Waals surface area contributed by atoms with Crippen molar-refractivity contribution in [3.8, 4) is 0 Å². The third-order valence-corrected chi connectivity index (χ3v) is 6.53. The molecule has 0 spiro atoms. The highest BCUT2D eigenvalue weighted by molar-refractivity contribution is 7.92. The zero-order valence-electron chi connectivity index (χ0n) is 15.0. The molecule has 1 atom stereocenters. The van der Waals surface area contributed by atoms with Crippen molar-refractivity contribution >= 4 is 60.5 Å². The molecule has 0 unspecified atom stereocenters. The van der Waals surface area contributed by atoms with Crippen LogP contribution in [0.1, 0.15) is 6.92 Å². The summed E-state index contributed by atoms with van der Waals surface area (Å²) in [5, 5.41) is 2.13. The Bertz CT molecular complexity index is 1140. The Labute approximate surface area is 177 Å². The van der Waals surface area contributed by atoms with Gasteiger partial charge in [-0.25, -0.2) is 21.2 Å². The Balaban J connectivity index is 2.18. The van der Waals surface area contributed by atoms with E-state index >= 15 is 0 Å². The second kappa shape index (κ2) is 8.84. The van der Waals surface area contributed by atoms with Crippen LogP contribution < -0.4 is 14.8 Å². The fourth-order valence-corrected chi connectivity index (χ4v) is 5.12. The largest absolute Gasteiger partial charge is 0.325 e. The highest BCUT2D eigenvalue weighted by atomic mass is 35.5. The molecule has 0 aliphatic rings. The molecule has 0 radical (unpaired) electrons. The van der Waals surface area contributed by atoms with Crippen LogP contribution in [-0.2, 0) is 24.8 Å². The van der Waals surface area contributed by atoms with E-state index in [2.05, 4.69) is 10.0 Å². The van der Waals surface area contributed by atoms with E-state index in [1.165, 1.54) is 31.2 Å². The lowest BCUT2D eigenvalue weighted by atomic mass is 10.2. The number of hydrogen-bond donors (Lipinski definition) is 3. The summed E-state index contributed by atoms with van der Waals surface area (Å²) in [5.41, 5.74) is -0.328. The number of carbonyl (C=O) groups is 1. The van der Waals surface area contributed by atoms with Gasteiger partial charge < -0.3 is 5.32 Å². The Hall–Kier alpha value is -1.92. The fourth-order valence-electron chi connectivity index (χ4n) is 2.22. The average molecular weight is 484 g/mol. The van der Waals surface area contributed by atoms with E-state index in [1.54, 1.807) is 0 Å². The molecular formula is C16H16Cl2FN3O5S2. The molecule has 3 N–H and O–H groups in total. The van der Waals surface area contributed by atoms with Gasteiger partial charge in [-0.1, -0.05) is 29.3 Å². The third kappa shape index (κ3) is 6.28. The second-order valence-corrected chi connectivity index (χ2v) is 10.2. The smallest absolute Gasteiger partial charge is 0.244 e. The average Bonchev–Trinajstić information content (AvgIpc) is 2.55. The van der Waals surface area contributed by atoms with E-state index in [0.717, 1.165) is 18.4 Å². The quantitative estimate of drug-likeness (QED) is 0.558. The Morgan fingerprint density at radius 1 is 1.07 bits per heavy atom. The summed E-state index contributed by atoms with van der Waals surface area (Å²) in [5.74, 6) is -1.63. The minimum Gasteiger partial charge on any atom is -0.325 e. The van der Waals surface area contributed by atoms with Gasteiger partial charge in [-0.2, -0.15) is 4.72 Å². The highest BCUT2D eigenvalue weighted by Gasteiger charge is 2.26. The number of amides is 1. The minimum absolute atomic E-state index is 0.0457. The Kier molecular flexibility index (Phi) is 7.12. The summed E-state index contributed by atoms with van der Waals surface area (Å²) >= 11 is 11.8. The van der Waals surface area contributed by atoms with E-state index in [4.69, 9.17) is 23.2 Å². The van der Waals surface area contributed by atoms with Crippen molar-refractivity contribution in [1.82, 2.24) is 4.72 Å². The molecular weight excluding hydrogens is 468 g/mol. The molecule has 2 aromatic rings. The monoisotopic (exact) mass is 483 g/mol. The zero-order valence-corrected chi connectivity index (χ0v) is 18.2. The van der Waals surface area contributed by atoms with Crippen LogP contribution in [0, 0.1) is 5.82 Å². The molecule has 13 heteroatoms. The highest BCUT2D eigenvalue weighted by Crippen LogP contribution is 2.29. The normalized spacial score (nSPS) is 13.0. The van der Waals surface area contributed by atoms with Crippen molar-refractivity contribution in [2.24, 2.45) is 0 Å². The first-order valence-electron chi connectivity index (χ1n) is 7.85. The van der Waals surface area contributed by atoms with Gasteiger partial charge >= 0.3 is 0 Å². The molecule has 0 fully saturated rings. The van der Waals surface area contributed by atoms with Crippen LogP contribution in [0.3, 0.4) is 0 Å². The van der Waals surface area contributed by atoms with Gasteiger partial charge in [-0.15, -0.1) is 0 Å². The number of anilines is 2. The van der Waals surface area contributed by atoms with Crippen LogP contribution in [0.5, 0.6) is 0 Å². The summed E-state index contributed by atoms with van der Waals surface area (Å²) in [6.45, 7) is 1.27. The van der Waals surface area contributed by atoms with Crippen molar-refractivity contribution in [3.63, 3.8) is 0 Å². The molecule has 1 amide bonds. The van der Waals surface area contributed by atoms with Gasteiger partial charge in [0.05, 0.1) is 28.0 Å². The zero-order chi connectivity index (χ0) is 22.0. The number of benzene rings is 2. The maximum absolute atomic E-state index is 13.7. The Morgan fingerprint density at radius 2 is 1.66 bits per heavy atom. The maximum Gasteiger partial charge on any atom is 0.244 e. The van der Waals surface area contributed by atoms with Crippen LogP contribution in [0.25, 0.3) is 0 Å². The van der Waals surface area contributed by atoms with Crippen LogP contribution in [0.15, 0.2) is 41.3 Å². The SMILES string of the molecule is C[C@@H](NS(=O)(=O)c1c(Cl)cccc1Cl)C(=O)Nc1ccc(F)c(NS(C)(=O)=O)c1. The first kappa shape index (κ1) is 23.4. The third-order valence-electron chi connectivity index (χ3n) is 3.44. The molecule has 0 bridgehead atoms. The molecule has 0 aromatic heterocycles. The lowest BCUT2D eigenvalue weighted by Crippen LogP contribution is -2.41. The summed E-state index contributed by atoms with van der Waals surface area (Å²) < 4.78 is 65.4. The van der Waals surface area contributed by atoms with E-state index < -0.39 is 37.8 Å². The lowest BCUT2D eigenvalue weighted by molar-refractivity contribution is -0.117. The number of halogens is 3. The van der Waals surface area contributed by atoms with E-state index in [-0.39, 0.29) is 26.3 Å². The number of carbonyl (C=O) groups excluding carboxylic acids is 1. The van der Waals surface area contributed by atoms with E-state index in [1.807, 2.05) is 4.72 Å². The molecule has 0 saturated carbocycles. The number of rotatable bonds is 7. The molecule has 0 aliphatic heterocycles. The maximum atomic E-state index is 13.7. The van der Waals surface area contributed by atoms with Crippen molar-refractivity contribution in [2.75, 3.05) is 16.3 Å². The predicted molar refractivity (Wildman–Crippen MR) is 110 cm³/mol. The fraction of sp³-hybridized carbons (Fsp3) is 0.188. The number of nitrogens with one attached hydrogen (secondary N) is 3. The topological polar surface area (TPSA) is 121 Å². The van der Waals surface area contributed by atoms with Crippen LogP contribution in [-0.4, -0.2) is 35.0 Å². The van der Waals surface area contributed by atoms with Gasteiger partial charge in [-0.3, -0.25) is 9.52 Å². The predicted octanol–water partition coefficient (Wildman–Crippen LogP) is 2.81. The van der Waals surface area contributed by atoms with Crippen molar-refractivity contribution in [2.45, 2.75) is 17.9 Å². The first-order chi connectivity index (χ1) is 13.3. The van der Waals surface area contributed by atoms with Crippen molar-refractivity contribution in [1.29, 1.82) is 0 Å². The van der Waals surface area contributed by atoms with Gasteiger partial charge in [0.1, 0.15) is 10.7 Å². The van der Waals surface area contributed by atoms with Gasteiger partial charge in [-0.05, 0) is 37.3 Å². The lowest BCUT2D eigenvalue weighted by Gasteiger charge is -2.16. The summed E-state index contributed by atoms with van der Waals surface area (Å²) in [6.07, 6.45) is 0.842. The molecule has 158 valence electrons. The van der Waals surface area contributed by atoms with Crippen LogP contribution in [0.4, 0.5) is 15.8 Å². The minimum atomic E-state index is -4.22. The molecule has 2 aromatic carbocycles. The molecule has 2 rings (SSSR count). The summed E-state index contributed by atoms with van der Waals surface area (Å²) in [7, 11) is -7.97. The number of hydrogen-bond acceptors (Lipinski definition) is 5. The van der Waals surface area contributed by atoms with Crippen molar-refractivity contribution in [3.05, 3.63) is 52.3 Å². The molecule has 8 nitrogen and oxygen atoms in total. The van der Waals surface area contributed by atoms with Crippen LogP contribution in [0.2, 0.25) is 10.0 Å². The molecule has 0 saturated heterocycles. The first-order valence-corrected chi connectivity index (χ1v) is 12.0. The van der Waals surface area contributed by atoms with Crippen molar-refractivity contribution < 1.29 is 26.0 Å². The molecule has 0 heterocycles. The van der Waals surface area contributed by atoms with E-state index in [9.17, 15) is 26.0 Å². The number of sulfonamides is 2. The molecule has 0 aliphatic carbocycles. The summed E-state index contributed by atoms with van der Waals surface area (Å²) in [4.78, 5) is 12.0. The van der Waals surface area contributed by atoms with E-state index in [0.29, 0.717) is 0 Å². The molecule has 29 heavy (non-hydrogen) atoms. The second-order valence-electron chi connectivity index (χ2n) is 5.95.